The van der Waals surface area contributed by atoms with Crippen molar-refractivity contribution in [2.75, 3.05) is 45.7 Å². The first-order chi connectivity index (χ1) is 16.8. The molecule has 0 unspecified atom stereocenters. The van der Waals surface area contributed by atoms with Gasteiger partial charge in [-0.3, -0.25) is 19.0 Å². The second-order valence-corrected chi connectivity index (χ2v) is 7.67. The van der Waals surface area contributed by atoms with Crippen LogP contribution in [0.15, 0.2) is 41.2 Å². The van der Waals surface area contributed by atoms with Crippen LogP contribution >= 0.6 is 0 Å². The van der Waals surface area contributed by atoms with Crippen LogP contribution in [0.2, 0.25) is 0 Å². The van der Waals surface area contributed by atoms with Crippen LogP contribution in [0.1, 0.15) is 29.4 Å². The van der Waals surface area contributed by atoms with E-state index >= 15 is 0 Å². The average molecular weight is 484 g/mol. The number of hydrogen-bond donors (Lipinski definition) is 5. The fourth-order valence-electron chi connectivity index (χ4n) is 3.15. The third kappa shape index (κ3) is 7.87. The van der Waals surface area contributed by atoms with Crippen molar-refractivity contribution in [2.45, 2.75) is 20.3 Å². The van der Waals surface area contributed by atoms with Crippen molar-refractivity contribution < 1.29 is 14.7 Å². The maximum atomic E-state index is 12.7. The zero-order chi connectivity index (χ0) is 25.8. The highest BCUT2D eigenvalue weighted by atomic mass is 16.3. The molecule has 0 aliphatic rings. The van der Waals surface area contributed by atoms with E-state index in [1.54, 1.807) is 30.3 Å². The molecular formula is C24H33N7O4. The van der Waals surface area contributed by atoms with Gasteiger partial charge in [-0.1, -0.05) is 0 Å². The summed E-state index contributed by atoms with van der Waals surface area (Å²) in [4.78, 5) is 44.9. The Balaban J connectivity index is 0.00000137. The Morgan fingerprint density at radius 2 is 1.66 bits per heavy atom. The van der Waals surface area contributed by atoms with Crippen molar-refractivity contribution >= 4 is 28.8 Å². The standard InChI is InChI=1S/C22H26N6O4.C2H7N/c1-14-18-8-9-19(31)28(20(18)27-22(26-14)25-12-11-23-15(2)30)17-6-4-16(5-7-17)21(32)24-10-3-13-29;1-3-2/h4-9,29H,3,10-13H2,1-2H3,(H,23,30)(H,24,32)(H,25,26,27);3H,1-2H3. The number of anilines is 1. The fraction of sp³-hybridized carbons (Fsp3) is 0.375. The van der Waals surface area contributed by atoms with E-state index in [0.717, 1.165) is 5.39 Å². The lowest BCUT2D eigenvalue weighted by Crippen LogP contribution is -2.27. The molecule has 0 atom stereocenters. The van der Waals surface area contributed by atoms with Gasteiger partial charge < -0.3 is 26.4 Å². The van der Waals surface area contributed by atoms with Crippen molar-refractivity contribution in [1.29, 1.82) is 0 Å². The summed E-state index contributed by atoms with van der Waals surface area (Å²) >= 11 is 0. The lowest BCUT2D eigenvalue weighted by Gasteiger charge is -2.13. The Bertz CT molecular complexity index is 1190. The molecule has 3 rings (SSSR count). The highest BCUT2D eigenvalue weighted by Gasteiger charge is 2.13. The van der Waals surface area contributed by atoms with Gasteiger partial charge in [0.05, 0.1) is 11.4 Å². The number of aliphatic hydroxyl groups excluding tert-OH is 1. The van der Waals surface area contributed by atoms with E-state index in [9.17, 15) is 14.4 Å². The molecule has 5 N–H and O–H groups in total. The first-order valence-corrected chi connectivity index (χ1v) is 11.3. The summed E-state index contributed by atoms with van der Waals surface area (Å²) in [6.07, 6.45) is 0.482. The second-order valence-electron chi connectivity index (χ2n) is 7.67. The van der Waals surface area contributed by atoms with E-state index < -0.39 is 0 Å². The van der Waals surface area contributed by atoms with Gasteiger partial charge in [-0.25, -0.2) is 4.98 Å². The largest absolute Gasteiger partial charge is 0.396 e. The van der Waals surface area contributed by atoms with Crippen molar-refractivity contribution in [3.05, 3.63) is 58.0 Å². The first kappa shape index (κ1) is 27.4. The van der Waals surface area contributed by atoms with Crippen molar-refractivity contribution in [2.24, 2.45) is 0 Å². The molecule has 35 heavy (non-hydrogen) atoms. The molecule has 0 aliphatic heterocycles. The number of amides is 2. The lowest BCUT2D eigenvalue weighted by molar-refractivity contribution is -0.118. The smallest absolute Gasteiger partial charge is 0.256 e. The number of aryl methyl sites for hydroxylation is 1. The number of nitrogens with one attached hydrogen (secondary N) is 4. The van der Waals surface area contributed by atoms with Crippen LogP contribution in [-0.4, -0.2) is 71.8 Å². The number of carbonyl (C=O) groups is 2. The Morgan fingerprint density at radius 3 is 2.29 bits per heavy atom. The predicted octanol–water partition coefficient (Wildman–Crippen LogP) is 0.585. The van der Waals surface area contributed by atoms with Gasteiger partial charge in [-0.15, -0.1) is 0 Å². The van der Waals surface area contributed by atoms with E-state index in [0.29, 0.717) is 54.6 Å². The fourth-order valence-corrected chi connectivity index (χ4v) is 3.15. The van der Waals surface area contributed by atoms with Crippen LogP contribution in [-0.2, 0) is 4.79 Å². The molecule has 0 aliphatic carbocycles. The minimum Gasteiger partial charge on any atom is -0.396 e. The predicted molar refractivity (Wildman–Crippen MR) is 136 cm³/mol. The molecule has 0 spiro atoms. The van der Waals surface area contributed by atoms with Crippen LogP contribution in [0.4, 0.5) is 5.95 Å². The molecule has 0 saturated heterocycles. The second kappa shape index (κ2) is 13.8. The number of hydrogen-bond acceptors (Lipinski definition) is 8. The quantitative estimate of drug-likeness (QED) is 0.278. The van der Waals surface area contributed by atoms with Crippen LogP contribution in [0.5, 0.6) is 0 Å². The summed E-state index contributed by atoms with van der Waals surface area (Å²) in [5, 5.41) is 20.8. The third-order valence-electron chi connectivity index (χ3n) is 4.73. The SMILES string of the molecule is CC(=O)NCCNc1nc(C)c2ccc(=O)n(-c3ccc(C(=O)NCCCO)cc3)c2n1.CNC. The molecule has 11 nitrogen and oxygen atoms in total. The monoisotopic (exact) mass is 483 g/mol. The highest BCUT2D eigenvalue weighted by molar-refractivity contribution is 5.94. The van der Waals surface area contributed by atoms with Gasteiger partial charge in [0.25, 0.3) is 11.5 Å². The van der Waals surface area contributed by atoms with Crippen LogP contribution in [0.25, 0.3) is 16.7 Å². The number of aliphatic hydroxyl groups is 1. The summed E-state index contributed by atoms with van der Waals surface area (Å²) in [5.74, 6) is -0.0274. The van der Waals surface area contributed by atoms with Crippen LogP contribution in [0.3, 0.4) is 0 Å². The number of carbonyl (C=O) groups excluding carboxylic acids is 2. The Labute approximate surface area is 204 Å². The zero-order valence-corrected chi connectivity index (χ0v) is 20.5. The van der Waals surface area contributed by atoms with E-state index in [1.165, 1.54) is 17.6 Å². The number of fused-ring (bicyclic) bond motifs is 1. The summed E-state index contributed by atoms with van der Waals surface area (Å²) in [5.41, 5.74) is 1.89. The van der Waals surface area contributed by atoms with Gasteiger partial charge in [0, 0.05) is 50.2 Å². The van der Waals surface area contributed by atoms with Gasteiger partial charge >= 0.3 is 0 Å². The van der Waals surface area contributed by atoms with Crippen LogP contribution < -0.4 is 26.8 Å². The summed E-state index contributed by atoms with van der Waals surface area (Å²) in [6, 6.07) is 9.78. The molecule has 0 radical (unpaired) electrons. The van der Waals surface area contributed by atoms with Crippen molar-refractivity contribution in [3.63, 3.8) is 0 Å². The maximum Gasteiger partial charge on any atom is 0.256 e. The van der Waals surface area contributed by atoms with E-state index in [4.69, 9.17) is 5.11 Å². The molecule has 2 amide bonds. The Kier molecular flexibility index (Phi) is 10.8. The minimum absolute atomic E-state index is 0.00851. The van der Waals surface area contributed by atoms with Crippen molar-refractivity contribution in [1.82, 2.24) is 30.5 Å². The van der Waals surface area contributed by atoms with E-state index in [2.05, 4.69) is 31.2 Å². The van der Waals surface area contributed by atoms with Gasteiger partial charge in [-0.05, 0) is 57.8 Å². The highest BCUT2D eigenvalue weighted by Crippen LogP contribution is 2.19. The third-order valence-corrected chi connectivity index (χ3v) is 4.73. The maximum absolute atomic E-state index is 12.7. The van der Waals surface area contributed by atoms with Gasteiger partial charge in [0.2, 0.25) is 11.9 Å². The van der Waals surface area contributed by atoms with Gasteiger partial charge in [0.15, 0.2) is 5.65 Å². The van der Waals surface area contributed by atoms with Crippen LogP contribution in [0, 0.1) is 6.92 Å². The zero-order valence-electron chi connectivity index (χ0n) is 20.5. The molecule has 3 aromatic rings. The first-order valence-electron chi connectivity index (χ1n) is 11.3. The number of pyridine rings is 1. The topological polar surface area (TPSA) is 150 Å². The molecule has 0 fully saturated rings. The molecule has 0 bridgehead atoms. The summed E-state index contributed by atoms with van der Waals surface area (Å²) in [6.45, 7) is 4.51. The van der Waals surface area contributed by atoms with Crippen molar-refractivity contribution in [3.8, 4) is 5.69 Å². The summed E-state index contributed by atoms with van der Waals surface area (Å²) in [7, 11) is 3.75. The molecule has 1 aromatic carbocycles. The normalized spacial score (nSPS) is 10.3. The number of benzene rings is 1. The van der Waals surface area contributed by atoms with E-state index in [-0.39, 0.29) is 24.0 Å². The molecular weight excluding hydrogens is 450 g/mol. The Morgan fingerprint density at radius 1 is 0.971 bits per heavy atom. The Hall–Kier alpha value is -3.83. The molecule has 2 aromatic heterocycles. The number of nitrogens with zero attached hydrogens (tertiary/aromatic N) is 3. The minimum atomic E-state index is -0.264. The number of aromatic nitrogens is 3. The lowest BCUT2D eigenvalue weighted by atomic mass is 10.1. The van der Waals surface area contributed by atoms with Gasteiger partial charge in [0.1, 0.15) is 0 Å². The molecule has 2 heterocycles. The van der Waals surface area contributed by atoms with E-state index in [1.807, 2.05) is 21.0 Å². The molecule has 0 saturated carbocycles. The molecule has 11 heteroatoms. The average Bonchev–Trinajstić information content (AvgIpc) is 2.82. The summed E-state index contributed by atoms with van der Waals surface area (Å²) < 4.78 is 1.47. The number of rotatable bonds is 9. The molecule has 188 valence electrons. The van der Waals surface area contributed by atoms with Gasteiger partial charge in [-0.2, -0.15) is 4.98 Å².